The van der Waals surface area contributed by atoms with Gasteiger partial charge in [-0.2, -0.15) is 0 Å². The minimum Gasteiger partial charge on any atom is -0.426 e. The standard InChI is InChI=1S/C16H12Cl2N4O2/c1-10(23)24-14-8-3-2-5-11(14)9-22-16(19-20-21-22)12-6-4-7-13(17)15(12)18/h2-8H,9H2,1H3. The predicted octanol–water partition coefficient (Wildman–Crippen LogP) is 3.62. The van der Waals surface area contributed by atoms with Crippen LogP contribution in [0, 0.1) is 0 Å². The van der Waals surface area contributed by atoms with E-state index in [1.54, 1.807) is 35.0 Å². The summed E-state index contributed by atoms with van der Waals surface area (Å²) >= 11 is 12.3. The lowest BCUT2D eigenvalue weighted by molar-refractivity contribution is -0.131. The lowest BCUT2D eigenvalue weighted by atomic mass is 10.2. The number of rotatable bonds is 4. The van der Waals surface area contributed by atoms with Crippen molar-refractivity contribution < 1.29 is 9.53 Å². The highest BCUT2D eigenvalue weighted by Gasteiger charge is 2.16. The van der Waals surface area contributed by atoms with Gasteiger partial charge in [-0.25, -0.2) is 4.68 Å². The van der Waals surface area contributed by atoms with E-state index in [1.165, 1.54) is 6.92 Å². The van der Waals surface area contributed by atoms with Crippen molar-refractivity contribution in [3.8, 4) is 17.1 Å². The molecule has 8 heteroatoms. The number of carbonyl (C=O) groups excluding carboxylic acids is 1. The Morgan fingerprint density at radius 1 is 1.17 bits per heavy atom. The number of hydrogen-bond donors (Lipinski definition) is 0. The van der Waals surface area contributed by atoms with Crippen molar-refractivity contribution >= 4 is 29.2 Å². The highest BCUT2D eigenvalue weighted by molar-refractivity contribution is 6.43. The normalized spacial score (nSPS) is 10.6. The molecule has 0 aliphatic rings. The van der Waals surface area contributed by atoms with Crippen LogP contribution in [0.15, 0.2) is 42.5 Å². The first-order valence-electron chi connectivity index (χ1n) is 7.03. The van der Waals surface area contributed by atoms with E-state index in [9.17, 15) is 4.79 Å². The fourth-order valence-electron chi connectivity index (χ4n) is 2.23. The summed E-state index contributed by atoms with van der Waals surface area (Å²) in [4.78, 5) is 11.2. The molecule has 0 saturated heterocycles. The molecule has 0 bridgehead atoms. The predicted molar refractivity (Wildman–Crippen MR) is 90.1 cm³/mol. The summed E-state index contributed by atoms with van der Waals surface area (Å²) in [5, 5.41) is 12.5. The van der Waals surface area contributed by atoms with E-state index in [1.807, 2.05) is 12.1 Å². The van der Waals surface area contributed by atoms with Crippen molar-refractivity contribution in [3.05, 3.63) is 58.1 Å². The van der Waals surface area contributed by atoms with Crippen LogP contribution in [0.25, 0.3) is 11.4 Å². The first kappa shape index (κ1) is 16.4. The van der Waals surface area contributed by atoms with E-state index in [-0.39, 0.29) is 0 Å². The summed E-state index contributed by atoms with van der Waals surface area (Å²) in [7, 11) is 0. The summed E-state index contributed by atoms with van der Waals surface area (Å²) in [6.45, 7) is 1.67. The SMILES string of the molecule is CC(=O)Oc1ccccc1Cn1nnnc1-c1cccc(Cl)c1Cl. The molecule has 0 aliphatic carbocycles. The van der Waals surface area contributed by atoms with Gasteiger partial charge in [-0.15, -0.1) is 5.10 Å². The zero-order chi connectivity index (χ0) is 17.1. The molecule has 0 unspecified atom stereocenters. The monoisotopic (exact) mass is 362 g/mol. The lowest BCUT2D eigenvalue weighted by Crippen LogP contribution is -2.09. The van der Waals surface area contributed by atoms with Crippen molar-refractivity contribution in [2.45, 2.75) is 13.5 Å². The molecule has 1 heterocycles. The van der Waals surface area contributed by atoms with Crippen LogP contribution in [0.4, 0.5) is 0 Å². The van der Waals surface area contributed by atoms with Crippen molar-refractivity contribution in [1.82, 2.24) is 20.2 Å². The fraction of sp³-hybridized carbons (Fsp3) is 0.125. The maximum absolute atomic E-state index is 11.2. The highest BCUT2D eigenvalue weighted by Crippen LogP contribution is 2.32. The van der Waals surface area contributed by atoms with Crippen LogP contribution >= 0.6 is 23.2 Å². The van der Waals surface area contributed by atoms with E-state index in [0.717, 1.165) is 5.56 Å². The number of esters is 1. The Balaban J connectivity index is 1.98. The Morgan fingerprint density at radius 3 is 2.75 bits per heavy atom. The Kier molecular flexibility index (Phi) is 4.78. The van der Waals surface area contributed by atoms with Crippen LogP contribution in [-0.4, -0.2) is 26.2 Å². The first-order chi connectivity index (χ1) is 11.6. The Hall–Kier alpha value is -2.44. The summed E-state index contributed by atoms with van der Waals surface area (Å²) in [6, 6.07) is 12.4. The van der Waals surface area contributed by atoms with E-state index >= 15 is 0 Å². The molecule has 0 radical (unpaired) electrons. The van der Waals surface area contributed by atoms with Crippen molar-refractivity contribution in [3.63, 3.8) is 0 Å². The number of halogens is 2. The van der Waals surface area contributed by atoms with Crippen LogP contribution < -0.4 is 4.74 Å². The number of tetrazole rings is 1. The molecular weight excluding hydrogens is 351 g/mol. The molecule has 0 amide bonds. The van der Waals surface area contributed by atoms with Gasteiger partial charge in [0.25, 0.3) is 0 Å². The number of nitrogens with zero attached hydrogens (tertiary/aromatic N) is 4. The van der Waals surface area contributed by atoms with Gasteiger partial charge in [-0.3, -0.25) is 4.79 Å². The molecule has 3 rings (SSSR count). The average Bonchev–Trinajstić information content (AvgIpc) is 2.99. The molecule has 1 aromatic heterocycles. The van der Waals surface area contributed by atoms with E-state index in [0.29, 0.717) is 33.7 Å². The molecule has 0 N–H and O–H groups in total. The maximum Gasteiger partial charge on any atom is 0.308 e. The summed E-state index contributed by atoms with van der Waals surface area (Å²) in [6.07, 6.45) is 0. The molecular formula is C16H12Cl2N4O2. The molecule has 6 nitrogen and oxygen atoms in total. The molecule has 0 atom stereocenters. The zero-order valence-corrected chi connectivity index (χ0v) is 14.1. The van der Waals surface area contributed by atoms with Gasteiger partial charge in [0.05, 0.1) is 16.6 Å². The second-order valence-electron chi connectivity index (χ2n) is 4.96. The second kappa shape index (κ2) is 6.98. The Bertz CT molecular complexity index is 895. The Labute approximate surface area is 148 Å². The highest BCUT2D eigenvalue weighted by atomic mass is 35.5. The van der Waals surface area contributed by atoms with E-state index < -0.39 is 5.97 Å². The number of hydrogen-bond acceptors (Lipinski definition) is 5. The quantitative estimate of drug-likeness (QED) is 0.523. The zero-order valence-electron chi connectivity index (χ0n) is 12.6. The first-order valence-corrected chi connectivity index (χ1v) is 7.78. The molecule has 0 saturated carbocycles. The third-order valence-corrected chi connectivity index (χ3v) is 4.09. The molecule has 3 aromatic rings. The van der Waals surface area contributed by atoms with Crippen LogP contribution in [0.1, 0.15) is 12.5 Å². The third-order valence-electron chi connectivity index (χ3n) is 3.27. The number of benzene rings is 2. The summed E-state index contributed by atoms with van der Waals surface area (Å²) in [5.74, 6) is 0.543. The third kappa shape index (κ3) is 3.39. The molecule has 0 fully saturated rings. The number of aromatic nitrogens is 4. The van der Waals surface area contributed by atoms with Crippen molar-refractivity contribution in [2.75, 3.05) is 0 Å². The molecule has 122 valence electrons. The maximum atomic E-state index is 11.2. The largest absolute Gasteiger partial charge is 0.426 e. The summed E-state index contributed by atoms with van der Waals surface area (Å²) < 4.78 is 6.78. The van der Waals surface area contributed by atoms with Crippen LogP contribution in [0.5, 0.6) is 5.75 Å². The van der Waals surface area contributed by atoms with Gasteiger partial charge in [0.1, 0.15) is 5.75 Å². The minimum absolute atomic E-state index is 0.314. The number of para-hydroxylation sites is 1. The van der Waals surface area contributed by atoms with Crippen LogP contribution in [-0.2, 0) is 11.3 Å². The van der Waals surface area contributed by atoms with Gasteiger partial charge in [-0.1, -0.05) is 47.5 Å². The van der Waals surface area contributed by atoms with Gasteiger partial charge in [0.2, 0.25) is 0 Å². The molecule has 0 spiro atoms. The fourth-order valence-corrected chi connectivity index (χ4v) is 2.62. The number of ether oxygens (including phenoxy) is 1. The summed E-state index contributed by atoms with van der Waals surface area (Å²) in [5.41, 5.74) is 1.39. The topological polar surface area (TPSA) is 69.9 Å². The van der Waals surface area contributed by atoms with Gasteiger partial charge < -0.3 is 4.74 Å². The van der Waals surface area contributed by atoms with Gasteiger partial charge in [-0.05, 0) is 28.6 Å². The van der Waals surface area contributed by atoms with E-state index in [2.05, 4.69) is 15.5 Å². The average molecular weight is 363 g/mol. The molecule has 24 heavy (non-hydrogen) atoms. The van der Waals surface area contributed by atoms with Crippen LogP contribution in [0.2, 0.25) is 10.0 Å². The molecule has 2 aromatic carbocycles. The number of carbonyl (C=O) groups is 1. The van der Waals surface area contributed by atoms with E-state index in [4.69, 9.17) is 27.9 Å². The van der Waals surface area contributed by atoms with Gasteiger partial charge in [0.15, 0.2) is 5.82 Å². The minimum atomic E-state index is -0.391. The lowest BCUT2D eigenvalue weighted by Gasteiger charge is -2.10. The Morgan fingerprint density at radius 2 is 1.96 bits per heavy atom. The second-order valence-corrected chi connectivity index (χ2v) is 5.75. The van der Waals surface area contributed by atoms with Crippen molar-refractivity contribution in [1.29, 1.82) is 0 Å². The molecule has 0 aliphatic heterocycles. The van der Waals surface area contributed by atoms with Gasteiger partial charge in [0, 0.05) is 18.1 Å². The van der Waals surface area contributed by atoms with Gasteiger partial charge >= 0.3 is 5.97 Å². The van der Waals surface area contributed by atoms with Crippen molar-refractivity contribution in [2.24, 2.45) is 0 Å². The smallest absolute Gasteiger partial charge is 0.308 e. The van der Waals surface area contributed by atoms with Crippen LogP contribution in [0.3, 0.4) is 0 Å².